The predicted molar refractivity (Wildman–Crippen MR) is 87.1 cm³/mol. The van der Waals surface area contributed by atoms with Gasteiger partial charge >= 0.3 is 18.4 Å². The quantitative estimate of drug-likeness (QED) is 0.782. The number of benzene rings is 1. The van der Waals surface area contributed by atoms with E-state index in [-0.39, 0.29) is 19.6 Å². The topological polar surface area (TPSA) is 35.6 Å². The van der Waals surface area contributed by atoms with Crippen LogP contribution in [0.3, 0.4) is 0 Å². The number of nitrogens with one attached hydrogen (secondary N) is 1. The zero-order valence-corrected chi connectivity index (χ0v) is 14.7. The van der Waals surface area contributed by atoms with Crippen molar-refractivity contribution in [3.8, 4) is 0 Å². The molecule has 0 saturated carbocycles. The van der Waals surface area contributed by atoms with Gasteiger partial charge in [-0.1, -0.05) is 12.1 Å². The van der Waals surface area contributed by atoms with Gasteiger partial charge in [0, 0.05) is 26.2 Å². The largest absolute Gasteiger partial charge is 0.416 e. The van der Waals surface area contributed by atoms with Gasteiger partial charge in [0.15, 0.2) is 0 Å². The van der Waals surface area contributed by atoms with Gasteiger partial charge in [-0.2, -0.15) is 26.3 Å². The molecular weight excluding hydrogens is 376 g/mol. The van der Waals surface area contributed by atoms with Crippen molar-refractivity contribution in [1.29, 1.82) is 0 Å². The first-order chi connectivity index (χ1) is 12.5. The lowest BCUT2D eigenvalue weighted by atomic mass is 10.1. The highest BCUT2D eigenvalue weighted by Crippen LogP contribution is 2.30. The van der Waals surface area contributed by atoms with Gasteiger partial charge in [-0.3, -0.25) is 4.90 Å². The van der Waals surface area contributed by atoms with Crippen LogP contribution in [0, 0.1) is 0 Å². The Balaban J connectivity index is 1.90. The Morgan fingerprint density at radius 2 is 1.67 bits per heavy atom. The summed E-state index contributed by atoms with van der Waals surface area (Å²) < 4.78 is 75.2. The highest BCUT2D eigenvalue weighted by molar-refractivity contribution is 5.74. The molecule has 0 bridgehead atoms. The fourth-order valence-electron chi connectivity index (χ4n) is 2.91. The number of amides is 2. The smallest absolute Gasteiger partial charge is 0.331 e. The van der Waals surface area contributed by atoms with Crippen LogP contribution in [-0.4, -0.2) is 54.7 Å². The van der Waals surface area contributed by atoms with E-state index in [0.717, 1.165) is 12.1 Å². The molecule has 4 nitrogen and oxygen atoms in total. The van der Waals surface area contributed by atoms with Gasteiger partial charge in [0.05, 0.1) is 18.2 Å². The second-order valence-corrected chi connectivity index (χ2v) is 6.52. The van der Waals surface area contributed by atoms with Gasteiger partial charge in [-0.05, 0) is 31.0 Å². The molecule has 1 fully saturated rings. The van der Waals surface area contributed by atoms with Gasteiger partial charge < -0.3 is 10.2 Å². The number of carbonyl (C=O) groups excluding carboxylic acids is 1. The number of hydrogen-bond donors (Lipinski definition) is 1. The monoisotopic (exact) mass is 397 g/mol. The average molecular weight is 397 g/mol. The van der Waals surface area contributed by atoms with Crippen LogP contribution in [0.2, 0.25) is 0 Å². The first-order valence-corrected chi connectivity index (χ1v) is 8.47. The van der Waals surface area contributed by atoms with E-state index >= 15 is 0 Å². The molecule has 1 N–H and O–H groups in total. The maximum absolute atomic E-state index is 12.6. The van der Waals surface area contributed by atoms with Crippen molar-refractivity contribution in [2.45, 2.75) is 31.7 Å². The van der Waals surface area contributed by atoms with Crippen LogP contribution >= 0.6 is 0 Å². The molecule has 1 heterocycles. The van der Waals surface area contributed by atoms with Crippen molar-refractivity contribution in [1.82, 2.24) is 15.1 Å². The summed E-state index contributed by atoms with van der Waals surface area (Å²) >= 11 is 0. The summed E-state index contributed by atoms with van der Waals surface area (Å²) in [4.78, 5) is 15.0. The molecule has 0 aromatic heterocycles. The zero-order valence-electron chi connectivity index (χ0n) is 14.7. The fourth-order valence-corrected chi connectivity index (χ4v) is 2.91. The van der Waals surface area contributed by atoms with Crippen molar-refractivity contribution in [3.63, 3.8) is 0 Å². The van der Waals surface area contributed by atoms with Crippen molar-refractivity contribution in [2.75, 3.05) is 32.7 Å². The van der Waals surface area contributed by atoms with E-state index in [1.54, 1.807) is 6.92 Å². The summed E-state index contributed by atoms with van der Waals surface area (Å²) in [5.41, 5.74) is -0.271. The molecule has 2 rings (SSSR count). The Hall–Kier alpha value is -1.97. The molecule has 1 aromatic rings. The molecule has 152 valence electrons. The Bertz CT molecular complexity index is 629. The molecule has 0 spiro atoms. The van der Waals surface area contributed by atoms with Crippen LogP contribution in [0.1, 0.15) is 30.5 Å². The zero-order chi connectivity index (χ0) is 20.2. The summed E-state index contributed by atoms with van der Waals surface area (Å²) in [5, 5.41) is 2.68. The van der Waals surface area contributed by atoms with Gasteiger partial charge in [0.1, 0.15) is 0 Å². The third-order valence-electron chi connectivity index (χ3n) is 4.36. The van der Waals surface area contributed by atoms with E-state index in [1.165, 1.54) is 21.9 Å². The summed E-state index contributed by atoms with van der Waals surface area (Å²) in [6, 6.07) is 3.49. The molecule has 1 atom stereocenters. The predicted octanol–water partition coefficient (Wildman–Crippen LogP) is 4.05. The van der Waals surface area contributed by atoms with Crippen molar-refractivity contribution in [3.05, 3.63) is 35.4 Å². The van der Waals surface area contributed by atoms with Gasteiger partial charge in [-0.25, -0.2) is 4.79 Å². The molecule has 0 aliphatic carbocycles. The van der Waals surface area contributed by atoms with E-state index in [2.05, 4.69) is 5.32 Å². The standard InChI is InChI=1S/C17H21F6N3O/c1-12(13-3-5-14(6-4-13)17(21,22)23)24-15(27)26-8-2-7-25(9-10-26)11-16(18,19)20/h3-6,12H,2,7-11H2,1H3,(H,24,27). The number of alkyl halides is 6. The summed E-state index contributed by atoms with van der Waals surface area (Å²) in [5.74, 6) is 0. The van der Waals surface area contributed by atoms with Crippen LogP contribution in [0.5, 0.6) is 0 Å². The SMILES string of the molecule is CC(NC(=O)N1CCCN(CC(F)(F)F)CC1)c1ccc(C(F)(F)F)cc1. The maximum atomic E-state index is 12.6. The van der Waals surface area contributed by atoms with Crippen LogP contribution < -0.4 is 5.32 Å². The van der Waals surface area contributed by atoms with E-state index in [4.69, 9.17) is 0 Å². The fraction of sp³-hybridized carbons (Fsp3) is 0.588. The highest BCUT2D eigenvalue weighted by Gasteiger charge is 2.32. The van der Waals surface area contributed by atoms with Crippen LogP contribution in [0.15, 0.2) is 24.3 Å². The molecule has 10 heteroatoms. The minimum atomic E-state index is -4.43. The minimum absolute atomic E-state index is 0.113. The molecule has 1 aliphatic heterocycles. The lowest BCUT2D eigenvalue weighted by Crippen LogP contribution is -2.43. The number of hydrogen-bond acceptors (Lipinski definition) is 2. The van der Waals surface area contributed by atoms with E-state index in [9.17, 15) is 31.1 Å². The first-order valence-electron chi connectivity index (χ1n) is 8.47. The lowest BCUT2D eigenvalue weighted by molar-refractivity contribution is -0.145. The van der Waals surface area contributed by atoms with E-state index < -0.39 is 36.5 Å². The molecule has 1 aliphatic rings. The average Bonchev–Trinajstić information content (AvgIpc) is 2.78. The van der Waals surface area contributed by atoms with Crippen molar-refractivity contribution >= 4 is 6.03 Å². The number of urea groups is 1. The lowest BCUT2D eigenvalue weighted by Gasteiger charge is -2.25. The van der Waals surface area contributed by atoms with Gasteiger partial charge in [-0.15, -0.1) is 0 Å². The normalized spacial score (nSPS) is 18.1. The van der Waals surface area contributed by atoms with Gasteiger partial charge in [0.25, 0.3) is 0 Å². The summed E-state index contributed by atoms with van der Waals surface area (Å²) in [6.45, 7) is 1.46. The van der Waals surface area contributed by atoms with Crippen molar-refractivity contribution in [2.24, 2.45) is 0 Å². The number of halogens is 6. The van der Waals surface area contributed by atoms with E-state index in [1.807, 2.05) is 0 Å². The van der Waals surface area contributed by atoms with Gasteiger partial charge in [0.2, 0.25) is 0 Å². The second-order valence-electron chi connectivity index (χ2n) is 6.52. The first kappa shape index (κ1) is 21.3. The maximum Gasteiger partial charge on any atom is 0.416 e. The Morgan fingerprint density at radius 1 is 1.04 bits per heavy atom. The van der Waals surface area contributed by atoms with Crippen LogP contribution in [-0.2, 0) is 6.18 Å². The second kappa shape index (κ2) is 8.37. The number of nitrogens with zero attached hydrogens (tertiary/aromatic N) is 2. The molecular formula is C17H21F6N3O. The number of rotatable bonds is 3. The van der Waals surface area contributed by atoms with E-state index in [0.29, 0.717) is 18.5 Å². The molecule has 0 radical (unpaired) electrons. The third-order valence-corrected chi connectivity index (χ3v) is 4.36. The third kappa shape index (κ3) is 6.60. The molecule has 2 amide bonds. The molecule has 1 saturated heterocycles. The summed E-state index contributed by atoms with van der Waals surface area (Å²) in [6.07, 6.45) is -8.30. The Kier molecular flexibility index (Phi) is 6.61. The molecule has 1 unspecified atom stereocenters. The summed E-state index contributed by atoms with van der Waals surface area (Å²) in [7, 11) is 0. The Morgan fingerprint density at radius 3 is 2.22 bits per heavy atom. The Labute approximate surface area is 153 Å². The minimum Gasteiger partial charge on any atom is -0.331 e. The molecule has 1 aromatic carbocycles. The highest BCUT2D eigenvalue weighted by atomic mass is 19.4. The van der Waals surface area contributed by atoms with Crippen LogP contribution in [0.25, 0.3) is 0 Å². The van der Waals surface area contributed by atoms with Crippen LogP contribution in [0.4, 0.5) is 31.1 Å². The number of carbonyl (C=O) groups is 1. The van der Waals surface area contributed by atoms with Crippen molar-refractivity contribution < 1.29 is 31.1 Å². The molecule has 27 heavy (non-hydrogen) atoms.